The largest absolute Gasteiger partial charge is 1.00 e. The van der Waals surface area contributed by atoms with Crippen LogP contribution < -0.4 is 0 Å². The molecule has 0 heterocycles. The van der Waals surface area contributed by atoms with Crippen LogP contribution in [-0.2, 0) is 0 Å². The lowest BCUT2D eigenvalue weighted by Crippen LogP contribution is -2.32. The van der Waals surface area contributed by atoms with E-state index in [1.807, 2.05) is 6.92 Å². The van der Waals surface area contributed by atoms with E-state index in [9.17, 15) is 0 Å². The Hall–Kier alpha value is -0.120. The van der Waals surface area contributed by atoms with E-state index in [0.29, 0.717) is 6.42 Å². The summed E-state index contributed by atoms with van der Waals surface area (Å²) in [5, 5.41) is 26.0. The van der Waals surface area contributed by atoms with Crippen LogP contribution in [0.15, 0.2) is 0 Å². The average molecular weight is 135 g/mol. The first kappa shape index (κ1) is 8.88. The van der Waals surface area contributed by atoms with Gasteiger partial charge in [-0.2, -0.15) is 0 Å². The van der Waals surface area contributed by atoms with Crippen molar-refractivity contribution in [1.29, 1.82) is 0 Å². The minimum Gasteiger partial charge on any atom is -0.396 e. The quantitative estimate of drug-likeness (QED) is 0.485. The van der Waals surface area contributed by atoms with Gasteiger partial charge in [0.1, 0.15) is 0 Å². The van der Waals surface area contributed by atoms with E-state index in [1.54, 1.807) is 0 Å². The van der Waals surface area contributed by atoms with Gasteiger partial charge in [-0.15, -0.1) is 0 Å². The fourth-order valence-electron chi connectivity index (χ4n) is 0.485. The molecule has 0 spiro atoms. The molecule has 0 aromatic carbocycles. The third-order valence-electron chi connectivity index (χ3n) is 1.76. The lowest BCUT2D eigenvalue weighted by molar-refractivity contribution is 0.00304. The molecule has 0 aliphatic carbocycles. The maximum atomic E-state index is 8.66. The van der Waals surface area contributed by atoms with Crippen LogP contribution in [0.2, 0.25) is 0 Å². The summed E-state index contributed by atoms with van der Waals surface area (Å²) in [6.07, 6.45) is 0.594. The van der Waals surface area contributed by atoms with Crippen molar-refractivity contribution in [1.82, 2.24) is 0 Å². The van der Waals surface area contributed by atoms with Crippen molar-refractivity contribution >= 4 is 0 Å². The van der Waals surface area contributed by atoms with Crippen LogP contribution in [0.4, 0.5) is 0 Å². The summed E-state index contributed by atoms with van der Waals surface area (Å²) in [7, 11) is 0. The van der Waals surface area contributed by atoms with Crippen LogP contribution >= 0.6 is 0 Å². The van der Waals surface area contributed by atoms with Gasteiger partial charge in [0, 0.05) is 5.41 Å². The van der Waals surface area contributed by atoms with Crippen molar-refractivity contribution < 1.29 is 16.7 Å². The van der Waals surface area contributed by atoms with Gasteiger partial charge in [-0.25, -0.2) is 0 Å². The van der Waals surface area contributed by atoms with Gasteiger partial charge < -0.3 is 15.3 Å². The summed E-state index contributed by atoms with van der Waals surface area (Å²) in [5.74, 6) is 0. The third-order valence-corrected chi connectivity index (χ3v) is 1.76. The van der Waals surface area contributed by atoms with Gasteiger partial charge >= 0.3 is 1.43 Å². The first-order chi connectivity index (χ1) is 4.24. The lowest BCUT2D eigenvalue weighted by Gasteiger charge is -2.24. The molecule has 0 atom stereocenters. The maximum absolute atomic E-state index is 8.66. The average Bonchev–Trinajstić information content (AvgIpc) is 1.95. The van der Waals surface area contributed by atoms with Crippen LogP contribution in [0.25, 0.3) is 0 Å². The zero-order chi connectivity index (χ0) is 7.33. The van der Waals surface area contributed by atoms with E-state index < -0.39 is 5.41 Å². The number of aliphatic hydroxyl groups excluding tert-OH is 3. The lowest BCUT2D eigenvalue weighted by atomic mass is 9.88. The molecule has 0 radical (unpaired) electrons. The summed E-state index contributed by atoms with van der Waals surface area (Å²) in [6.45, 7) is 1.35. The molecule has 0 saturated carbocycles. The number of hydrogen-bond donors (Lipinski definition) is 3. The van der Waals surface area contributed by atoms with Gasteiger partial charge in [0.2, 0.25) is 0 Å². The summed E-state index contributed by atoms with van der Waals surface area (Å²) in [5.41, 5.74) is -0.667. The molecule has 0 aromatic heterocycles. The molecule has 0 fully saturated rings. The van der Waals surface area contributed by atoms with E-state index in [0.717, 1.165) is 0 Å². The molecule has 56 valence electrons. The van der Waals surface area contributed by atoms with E-state index >= 15 is 0 Å². The smallest absolute Gasteiger partial charge is 0.396 e. The first-order valence-corrected chi connectivity index (χ1v) is 3.07. The Kier molecular flexibility index (Phi) is 3.77. The van der Waals surface area contributed by atoms with Crippen molar-refractivity contribution in [3.8, 4) is 0 Å². The molecular formula is C6H15O3+. The van der Waals surface area contributed by atoms with Crippen LogP contribution in [0.3, 0.4) is 0 Å². The van der Waals surface area contributed by atoms with Gasteiger partial charge in [0.25, 0.3) is 0 Å². The van der Waals surface area contributed by atoms with Gasteiger partial charge in [0.15, 0.2) is 0 Å². The zero-order valence-corrected chi connectivity index (χ0v) is 5.67. The fraction of sp³-hybridized carbons (Fsp3) is 1.00. The van der Waals surface area contributed by atoms with Crippen molar-refractivity contribution in [2.75, 3.05) is 19.8 Å². The molecule has 0 rings (SSSR count). The van der Waals surface area contributed by atoms with Crippen molar-refractivity contribution in [2.24, 2.45) is 5.41 Å². The van der Waals surface area contributed by atoms with Gasteiger partial charge in [0.05, 0.1) is 19.8 Å². The van der Waals surface area contributed by atoms with Gasteiger partial charge in [-0.3, -0.25) is 0 Å². The zero-order valence-electron chi connectivity index (χ0n) is 6.67. The highest BCUT2D eigenvalue weighted by Crippen LogP contribution is 2.18. The van der Waals surface area contributed by atoms with Gasteiger partial charge in [-0.05, 0) is 6.42 Å². The minimum atomic E-state index is -0.667. The Morgan fingerprint density at radius 3 is 1.44 bits per heavy atom. The predicted octanol–water partition coefficient (Wildman–Crippen LogP) is -0.528. The Labute approximate surface area is 56.4 Å². The molecule has 0 aromatic rings. The van der Waals surface area contributed by atoms with Crippen LogP contribution in [0.5, 0.6) is 0 Å². The molecular weight excluding hydrogens is 120 g/mol. The third kappa shape index (κ3) is 1.93. The summed E-state index contributed by atoms with van der Waals surface area (Å²) in [6, 6.07) is 0. The van der Waals surface area contributed by atoms with Crippen LogP contribution in [0, 0.1) is 5.41 Å². The van der Waals surface area contributed by atoms with Crippen LogP contribution in [0.1, 0.15) is 14.8 Å². The second-order valence-corrected chi connectivity index (χ2v) is 2.33. The van der Waals surface area contributed by atoms with E-state index in [1.165, 1.54) is 0 Å². The maximum Gasteiger partial charge on any atom is 1.00 e. The fourth-order valence-corrected chi connectivity index (χ4v) is 0.485. The molecule has 3 nitrogen and oxygen atoms in total. The van der Waals surface area contributed by atoms with E-state index in [4.69, 9.17) is 15.3 Å². The molecule has 0 saturated heterocycles. The Morgan fingerprint density at radius 2 is 1.44 bits per heavy atom. The molecule has 3 N–H and O–H groups in total. The summed E-state index contributed by atoms with van der Waals surface area (Å²) in [4.78, 5) is 0. The summed E-state index contributed by atoms with van der Waals surface area (Å²) < 4.78 is 0. The molecule has 0 amide bonds. The number of aliphatic hydroxyl groups is 3. The standard InChI is InChI=1S/C6H14O3/c1-2-6(3-7,4-8)5-9/h7-9H,2-5H2,1H3/p+1. The molecule has 0 unspecified atom stereocenters. The Bertz CT molecular complexity index is 55.9. The van der Waals surface area contributed by atoms with E-state index in [-0.39, 0.29) is 21.2 Å². The molecule has 0 aliphatic rings. The Morgan fingerprint density at radius 1 is 1.11 bits per heavy atom. The SMILES string of the molecule is CCC(CO)(CO)CO.[H+]. The summed E-state index contributed by atoms with van der Waals surface area (Å²) >= 11 is 0. The molecule has 3 heteroatoms. The number of hydrogen-bond acceptors (Lipinski definition) is 3. The first-order valence-electron chi connectivity index (χ1n) is 3.07. The topological polar surface area (TPSA) is 60.7 Å². The highest BCUT2D eigenvalue weighted by Gasteiger charge is 2.24. The van der Waals surface area contributed by atoms with Gasteiger partial charge in [-0.1, -0.05) is 6.92 Å². The van der Waals surface area contributed by atoms with Crippen molar-refractivity contribution in [2.45, 2.75) is 13.3 Å². The normalized spacial score (nSPS) is 12.0. The molecule has 9 heavy (non-hydrogen) atoms. The Balaban J connectivity index is 0. The monoisotopic (exact) mass is 135 g/mol. The van der Waals surface area contributed by atoms with Crippen molar-refractivity contribution in [3.63, 3.8) is 0 Å². The minimum absolute atomic E-state index is 0. The highest BCUT2D eigenvalue weighted by molar-refractivity contribution is 4.74. The second kappa shape index (κ2) is 3.82. The van der Waals surface area contributed by atoms with Crippen LogP contribution in [-0.4, -0.2) is 35.1 Å². The van der Waals surface area contributed by atoms with E-state index in [2.05, 4.69) is 0 Å². The highest BCUT2D eigenvalue weighted by atomic mass is 16.3. The predicted molar refractivity (Wildman–Crippen MR) is 35.1 cm³/mol. The second-order valence-electron chi connectivity index (χ2n) is 2.33. The van der Waals surface area contributed by atoms with Crippen molar-refractivity contribution in [3.05, 3.63) is 0 Å². The number of rotatable bonds is 4. The molecule has 0 aliphatic heterocycles. The molecule has 0 bridgehead atoms.